The third-order valence-corrected chi connectivity index (χ3v) is 5.20. The van der Waals surface area contributed by atoms with Gasteiger partial charge in [-0.3, -0.25) is 9.59 Å². The van der Waals surface area contributed by atoms with E-state index in [0.717, 1.165) is 11.9 Å². The number of carbonyl (C=O) groups is 2. The van der Waals surface area contributed by atoms with E-state index >= 15 is 0 Å². The molecule has 0 aliphatic heterocycles. The fourth-order valence-electron chi connectivity index (χ4n) is 3.54. The van der Waals surface area contributed by atoms with Crippen LogP contribution < -0.4 is 15.4 Å². The summed E-state index contributed by atoms with van der Waals surface area (Å²) in [6, 6.07) is 15.4. The normalized spacial score (nSPS) is 17.9. The van der Waals surface area contributed by atoms with Gasteiger partial charge in [0.1, 0.15) is 5.75 Å². The number of carbonyl (C=O) groups excluding carboxylic acids is 2. The van der Waals surface area contributed by atoms with Crippen LogP contribution in [0.25, 0.3) is 10.9 Å². The first-order valence-corrected chi connectivity index (χ1v) is 9.44. The van der Waals surface area contributed by atoms with Gasteiger partial charge in [0.15, 0.2) is 0 Å². The Morgan fingerprint density at radius 1 is 1.07 bits per heavy atom. The topological polar surface area (TPSA) is 83.2 Å². The lowest BCUT2D eigenvalue weighted by atomic mass is 10.1. The molecule has 1 aromatic heterocycles. The van der Waals surface area contributed by atoms with Crippen LogP contribution in [0.1, 0.15) is 12.0 Å². The molecule has 3 aromatic rings. The fraction of sp³-hybridized carbons (Fsp3) is 0.273. The largest absolute Gasteiger partial charge is 0.495 e. The van der Waals surface area contributed by atoms with Crippen molar-refractivity contribution in [3.63, 3.8) is 0 Å². The number of methoxy groups -OCH3 is 1. The summed E-state index contributed by atoms with van der Waals surface area (Å²) < 4.78 is 5.24. The highest BCUT2D eigenvalue weighted by Crippen LogP contribution is 2.40. The molecule has 0 radical (unpaired) electrons. The molecule has 4 rings (SSSR count). The second-order valence-electron chi connectivity index (χ2n) is 7.04. The number of benzene rings is 2. The summed E-state index contributed by atoms with van der Waals surface area (Å²) in [5.41, 5.74) is 2.90. The Morgan fingerprint density at radius 2 is 1.82 bits per heavy atom. The Hall–Kier alpha value is -3.28. The Kier molecular flexibility index (Phi) is 5.02. The number of ether oxygens (including phenoxy) is 1. The minimum absolute atomic E-state index is 0.0555. The van der Waals surface area contributed by atoms with Gasteiger partial charge in [0.2, 0.25) is 11.8 Å². The van der Waals surface area contributed by atoms with E-state index in [0.29, 0.717) is 24.4 Å². The van der Waals surface area contributed by atoms with Crippen LogP contribution in [0.5, 0.6) is 5.75 Å². The molecular formula is C22H23N3O3. The zero-order chi connectivity index (χ0) is 19.5. The van der Waals surface area contributed by atoms with Crippen LogP contribution in [0.3, 0.4) is 0 Å². The molecule has 0 saturated heterocycles. The van der Waals surface area contributed by atoms with E-state index in [9.17, 15) is 9.59 Å². The predicted octanol–water partition coefficient (Wildman–Crippen LogP) is 3.11. The van der Waals surface area contributed by atoms with Crippen molar-refractivity contribution >= 4 is 28.4 Å². The maximum absolute atomic E-state index is 12.4. The van der Waals surface area contributed by atoms with Crippen molar-refractivity contribution in [2.45, 2.75) is 12.8 Å². The second-order valence-corrected chi connectivity index (χ2v) is 7.04. The van der Waals surface area contributed by atoms with Gasteiger partial charge in [-0.05, 0) is 36.6 Å². The first kappa shape index (κ1) is 18.1. The number of para-hydroxylation sites is 3. The van der Waals surface area contributed by atoms with E-state index in [1.54, 1.807) is 19.2 Å². The maximum Gasteiger partial charge on any atom is 0.228 e. The molecule has 6 heteroatoms. The van der Waals surface area contributed by atoms with Crippen LogP contribution in [0.2, 0.25) is 0 Å². The molecule has 2 amide bonds. The van der Waals surface area contributed by atoms with Crippen molar-refractivity contribution in [3.05, 3.63) is 60.3 Å². The quantitative estimate of drug-likeness (QED) is 0.592. The fourth-order valence-corrected chi connectivity index (χ4v) is 3.54. The van der Waals surface area contributed by atoms with Crippen LogP contribution in [0.4, 0.5) is 5.69 Å². The van der Waals surface area contributed by atoms with Crippen molar-refractivity contribution in [2.75, 3.05) is 19.0 Å². The van der Waals surface area contributed by atoms with Crippen LogP contribution in [0.15, 0.2) is 54.7 Å². The maximum atomic E-state index is 12.4. The molecule has 1 heterocycles. The van der Waals surface area contributed by atoms with Gasteiger partial charge in [0.05, 0.1) is 24.6 Å². The van der Waals surface area contributed by atoms with Crippen molar-refractivity contribution in [1.29, 1.82) is 0 Å². The number of hydrogen-bond donors (Lipinski definition) is 3. The summed E-state index contributed by atoms with van der Waals surface area (Å²) in [7, 11) is 1.56. The minimum atomic E-state index is -0.280. The number of rotatable bonds is 7. The third kappa shape index (κ3) is 3.71. The molecule has 1 aliphatic carbocycles. The van der Waals surface area contributed by atoms with E-state index in [-0.39, 0.29) is 23.7 Å². The van der Waals surface area contributed by atoms with Gasteiger partial charge in [-0.2, -0.15) is 0 Å². The van der Waals surface area contributed by atoms with Crippen molar-refractivity contribution in [3.8, 4) is 5.75 Å². The molecule has 1 aliphatic rings. The molecule has 2 aromatic carbocycles. The van der Waals surface area contributed by atoms with E-state index < -0.39 is 0 Å². The summed E-state index contributed by atoms with van der Waals surface area (Å²) in [4.78, 5) is 28.0. The van der Waals surface area contributed by atoms with Gasteiger partial charge in [0.25, 0.3) is 0 Å². The first-order chi connectivity index (χ1) is 13.7. The standard InChI is InChI=1S/C22H23N3O3/c1-28-20-9-5-4-8-19(20)25-22(27)17-12-16(17)21(26)23-11-10-14-13-24-18-7-3-2-6-15(14)18/h2-9,13,16-17,24H,10-12H2,1H3,(H,23,26)(H,25,27). The molecule has 2 atom stereocenters. The molecule has 1 saturated carbocycles. The average Bonchev–Trinajstić information content (AvgIpc) is 3.43. The Morgan fingerprint density at radius 3 is 2.68 bits per heavy atom. The van der Waals surface area contributed by atoms with E-state index in [2.05, 4.69) is 21.7 Å². The zero-order valence-electron chi connectivity index (χ0n) is 15.7. The summed E-state index contributed by atoms with van der Waals surface area (Å²) in [5.74, 6) is -0.117. The number of fused-ring (bicyclic) bond motifs is 1. The number of aromatic amines is 1. The summed E-state index contributed by atoms with van der Waals surface area (Å²) in [6.45, 7) is 0.554. The highest BCUT2D eigenvalue weighted by Gasteiger charge is 2.48. The molecule has 0 bridgehead atoms. The number of amides is 2. The zero-order valence-corrected chi connectivity index (χ0v) is 15.7. The van der Waals surface area contributed by atoms with Gasteiger partial charge < -0.3 is 20.4 Å². The highest BCUT2D eigenvalue weighted by atomic mass is 16.5. The molecule has 3 N–H and O–H groups in total. The number of hydrogen-bond acceptors (Lipinski definition) is 3. The Bertz CT molecular complexity index is 1010. The Labute approximate surface area is 163 Å². The molecule has 6 nitrogen and oxygen atoms in total. The van der Waals surface area contributed by atoms with Crippen molar-refractivity contribution in [1.82, 2.24) is 10.3 Å². The molecule has 144 valence electrons. The number of nitrogens with one attached hydrogen (secondary N) is 3. The lowest BCUT2D eigenvalue weighted by molar-refractivity contribution is -0.125. The van der Waals surface area contributed by atoms with Crippen molar-refractivity contribution in [2.24, 2.45) is 11.8 Å². The Balaban J connectivity index is 1.27. The van der Waals surface area contributed by atoms with Gasteiger partial charge in [0, 0.05) is 23.6 Å². The van der Waals surface area contributed by atoms with E-state index in [1.165, 1.54) is 10.9 Å². The SMILES string of the molecule is COc1ccccc1NC(=O)C1CC1C(=O)NCCc1c[nH]c2ccccc12. The van der Waals surface area contributed by atoms with Crippen LogP contribution in [0, 0.1) is 11.8 Å². The van der Waals surface area contributed by atoms with Crippen LogP contribution in [-0.4, -0.2) is 30.5 Å². The van der Waals surface area contributed by atoms with E-state index in [4.69, 9.17) is 4.74 Å². The molecule has 1 fully saturated rings. The van der Waals surface area contributed by atoms with Crippen LogP contribution >= 0.6 is 0 Å². The van der Waals surface area contributed by atoms with Gasteiger partial charge >= 0.3 is 0 Å². The lowest BCUT2D eigenvalue weighted by Gasteiger charge is -2.09. The highest BCUT2D eigenvalue weighted by molar-refractivity contribution is 6.00. The van der Waals surface area contributed by atoms with Gasteiger partial charge in [-0.1, -0.05) is 30.3 Å². The number of anilines is 1. The van der Waals surface area contributed by atoms with Crippen LogP contribution in [-0.2, 0) is 16.0 Å². The number of H-pyrrole nitrogens is 1. The number of aromatic nitrogens is 1. The summed E-state index contributed by atoms with van der Waals surface area (Å²) in [5, 5.41) is 7.00. The summed E-state index contributed by atoms with van der Waals surface area (Å²) >= 11 is 0. The van der Waals surface area contributed by atoms with Crippen molar-refractivity contribution < 1.29 is 14.3 Å². The van der Waals surface area contributed by atoms with Gasteiger partial charge in [-0.25, -0.2) is 0 Å². The smallest absolute Gasteiger partial charge is 0.228 e. The lowest BCUT2D eigenvalue weighted by Crippen LogP contribution is -2.29. The minimum Gasteiger partial charge on any atom is -0.495 e. The third-order valence-electron chi connectivity index (χ3n) is 5.20. The molecule has 2 unspecified atom stereocenters. The molecular weight excluding hydrogens is 354 g/mol. The monoisotopic (exact) mass is 377 g/mol. The average molecular weight is 377 g/mol. The second kappa shape index (κ2) is 7.76. The molecule has 0 spiro atoms. The summed E-state index contributed by atoms with van der Waals surface area (Å²) in [6.07, 6.45) is 3.32. The predicted molar refractivity (Wildman–Crippen MR) is 108 cm³/mol. The van der Waals surface area contributed by atoms with Gasteiger partial charge in [-0.15, -0.1) is 0 Å². The first-order valence-electron chi connectivity index (χ1n) is 9.44. The van der Waals surface area contributed by atoms with E-state index in [1.807, 2.05) is 36.5 Å². The molecule has 28 heavy (non-hydrogen) atoms.